The van der Waals surface area contributed by atoms with Crippen LogP contribution < -0.4 is 5.32 Å². The lowest BCUT2D eigenvalue weighted by Crippen LogP contribution is -2.18. The van der Waals surface area contributed by atoms with Gasteiger partial charge in [0.1, 0.15) is 0 Å². The van der Waals surface area contributed by atoms with Crippen molar-refractivity contribution in [3.63, 3.8) is 0 Å². The van der Waals surface area contributed by atoms with Gasteiger partial charge in [-0.1, -0.05) is 13.8 Å². The minimum absolute atomic E-state index is 0.547. The van der Waals surface area contributed by atoms with Crippen LogP contribution in [0, 0.1) is 0 Å². The zero-order valence-corrected chi connectivity index (χ0v) is 8.84. The molecule has 0 aromatic carbocycles. The van der Waals surface area contributed by atoms with Crippen molar-refractivity contribution in [2.75, 3.05) is 33.0 Å². The third-order valence-electron chi connectivity index (χ3n) is 1.05. The highest BCUT2D eigenvalue weighted by Crippen LogP contribution is 1.76. The zero-order valence-electron chi connectivity index (χ0n) is 8.84. The van der Waals surface area contributed by atoms with E-state index < -0.39 is 0 Å². The first-order valence-corrected chi connectivity index (χ1v) is 4.74. The van der Waals surface area contributed by atoms with E-state index in [-0.39, 0.29) is 0 Å². The fourth-order valence-corrected chi connectivity index (χ4v) is 0.554. The zero-order chi connectivity index (χ0) is 10.4. The minimum Gasteiger partial charge on any atom is -0.379 e. The van der Waals surface area contributed by atoms with E-state index in [1.54, 1.807) is 0 Å². The molecule has 80 valence electrons. The molecule has 0 aliphatic rings. The Balaban J connectivity index is 0. The van der Waals surface area contributed by atoms with Gasteiger partial charge in [-0.15, -0.1) is 0 Å². The number of carbonyl (C=O) groups is 1. The summed E-state index contributed by atoms with van der Waals surface area (Å²) in [5.74, 6) is 0. The van der Waals surface area contributed by atoms with Gasteiger partial charge in [0, 0.05) is 13.2 Å². The maximum Gasteiger partial charge on any atom is 0.207 e. The molecule has 0 bridgehead atoms. The molecular formula is C9H21NO3. The molecule has 0 fully saturated rings. The first kappa shape index (κ1) is 14.9. The van der Waals surface area contributed by atoms with Crippen LogP contribution in [0.25, 0.3) is 0 Å². The van der Waals surface area contributed by atoms with Gasteiger partial charge in [-0.05, 0) is 6.92 Å². The maximum atomic E-state index is 9.75. The van der Waals surface area contributed by atoms with Crippen LogP contribution in [0.2, 0.25) is 0 Å². The average molecular weight is 191 g/mol. The fraction of sp³-hybridized carbons (Fsp3) is 0.889. The molecular weight excluding hydrogens is 170 g/mol. The Morgan fingerprint density at radius 2 is 1.77 bits per heavy atom. The molecule has 13 heavy (non-hydrogen) atoms. The van der Waals surface area contributed by atoms with E-state index in [0.29, 0.717) is 32.8 Å². The second-order valence-electron chi connectivity index (χ2n) is 1.88. The Morgan fingerprint density at radius 3 is 2.31 bits per heavy atom. The van der Waals surface area contributed by atoms with Crippen molar-refractivity contribution in [2.45, 2.75) is 20.8 Å². The summed E-state index contributed by atoms with van der Waals surface area (Å²) < 4.78 is 10.1. The van der Waals surface area contributed by atoms with Crippen LogP contribution in [0.15, 0.2) is 0 Å². The summed E-state index contributed by atoms with van der Waals surface area (Å²) in [6, 6.07) is 0. The van der Waals surface area contributed by atoms with Crippen molar-refractivity contribution in [1.82, 2.24) is 5.32 Å². The summed E-state index contributed by atoms with van der Waals surface area (Å²) in [6.45, 7) is 8.98. The predicted octanol–water partition coefficient (Wildman–Crippen LogP) is 0.812. The predicted molar refractivity (Wildman–Crippen MR) is 52.7 cm³/mol. The molecule has 0 atom stereocenters. The van der Waals surface area contributed by atoms with Crippen molar-refractivity contribution >= 4 is 6.41 Å². The fourth-order valence-electron chi connectivity index (χ4n) is 0.554. The van der Waals surface area contributed by atoms with E-state index in [1.165, 1.54) is 0 Å². The Morgan fingerprint density at radius 1 is 1.15 bits per heavy atom. The largest absolute Gasteiger partial charge is 0.379 e. The smallest absolute Gasteiger partial charge is 0.207 e. The minimum atomic E-state index is 0.547. The molecule has 0 saturated carbocycles. The van der Waals surface area contributed by atoms with E-state index in [0.717, 1.165) is 6.61 Å². The van der Waals surface area contributed by atoms with Crippen molar-refractivity contribution < 1.29 is 14.3 Å². The van der Waals surface area contributed by atoms with E-state index in [2.05, 4.69) is 5.32 Å². The Hall–Kier alpha value is -0.610. The lowest BCUT2D eigenvalue weighted by Gasteiger charge is -2.02. The van der Waals surface area contributed by atoms with E-state index in [1.807, 2.05) is 20.8 Å². The first-order chi connectivity index (χ1) is 6.41. The summed E-state index contributed by atoms with van der Waals surface area (Å²) in [5.41, 5.74) is 0. The number of ether oxygens (including phenoxy) is 2. The van der Waals surface area contributed by atoms with Gasteiger partial charge in [-0.2, -0.15) is 0 Å². The van der Waals surface area contributed by atoms with Gasteiger partial charge >= 0.3 is 0 Å². The van der Waals surface area contributed by atoms with Crippen LogP contribution in [0.1, 0.15) is 20.8 Å². The Kier molecular flexibility index (Phi) is 20.0. The van der Waals surface area contributed by atoms with Crippen LogP contribution in [0.4, 0.5) is 0 Å². The van der Waals surface area contributed by atoms with Gasteiger partial charge in [0.05, 0.1) is 19.8 Å². The second kappa shape index (κ2) is 17.5. The van der Waals surface area contributed by atoms with Crippen molar-refractivity contribution in [3.05, 3.63) is 0 Å². The molecule has 0 aromatic heterocycles. The molecule has 0 heterocycles. The molecule has 0 aliphatic heterocycles. The van der Waals surface area contributed by atoms with E-state index in [4.69, 9.17) is 9.47 Å². The van der Waals surface area contributed by atoms with Gasteiger partial charge in [0.2, 0.25) is 6.41 Å². The third kappa shape index (κ3) is 18.4. The lowest BCUT2D eigenvalue weighted by molar-refractivity contribution is -0.109. The molecule has 4 heteroatoms. The first-order valence-electron chi connectivity index (χ1n) is 4.74. The molecule has 0 aromatic rings. The van der Waals surface area contributed by atoms with Crippen LogP contribution in [-0.4, -0.2) is 39.4 Å². The number of hydrogen-bond acceptors (Lipinski definition) is 3. The third-order valence-corrected chi connectivity index (χ3v) is 1.05. The maximum absolute atomic E-state index is 9.75. The van der Waals surface area contributed by atoms with Gasteiger partial charge in [-0.25, -0.2) is 0 Å². The summed E-state index contributed by atoms with van der Waals surface area (Å²) in [5, 5.41) is 2.49. The van der Waals surface area contributed by atoms with Gasteiger partial charge in [0.25, 0.3) is 0 Å². The molecule has 4 nitrogen and oxygen atoms in total. The van der Waals surface area contributed by atoms with Crippen molar-refractivity contribution in [1.29, 1.82) is 0 Å². The van der Waals surface area contributed by atoms with Gasteiger partial charge < -0.3 is 14.8 Å². The monoisotopic (exact) mass is 191 g/mol. The highest BCUT2D eigenvalue weighted by molar-refractivity contribution is 5.45. The van der Waals surface area contributed by atoms with E-state index in [9.17, 15) is 4.79 Å². The number of hydrogen-bond donors (Lipinski definition) is 1. The summed E-state index contributed by atoms with van der Waals surface area (Å²) in [7, 11) is 0. The van der Waals surface area contributed by atoms with Gasteiger partial charge in [0.15, 0.2) is 0 Å². The number of carbonyl (C=O) groups excluding carboxylic acids is 1. The number of amides is 1. The second-order valence-corrected chi connectivity index (χ2v) is 1.88. The standard InChI is InChI=1S/C7H15NO3.C2H6/c1-2-10-5-6-11-4-3-8-7-9;1-2/h7H,2-6H2,1H3,(H,8,9);1-2H3. The number of rotatable bonds is 8. The molecule has 0 radical (unpaired) electrons. The topological polar surface area (TPSA) is 47.6 Å². The summed E-state index contributed by atoms with van der Waals surface area (Å²) in [4.78, 5) is 9.75. The van der Waals surface area contributed by atoms with Crippen molar-refractivity contribution in [2.24, 2.45) is 0 Å². The van der Waals surface area contributed by atoms with E-state index >= 15 is 0 Å². The lowest BCUT2D eigenvalue weighted by atomic mass is 10.7. The molecule has 1 N–H and O–H groups in total. The molecule has 0 spiro atoms. The highest BCUT2D eigenvalue weighted by atomic mass is 16.5. The molecule has 0 aliphatic carbocycles. The van der Waals surface area contributed by atoms with Crippen LogP contribution in [0.5, 0.6) is 0 Å². The van der Waals surface area contributed by atoms with Crippen molar-refractivity contribution in [3.8, 4) is 0 Å². The summed E-state index contributed by atoms with van der Waals surface area (Å²) in [6.07, 6.45) is 0.659. The molecule has 0 unspecified atom stereocenters. The summed E-state index contributed by atoms with van der Waals surface area (Å²) >= 11 is 0. The molecule has 1 amide bonds. The highest BCUT2D eigenvalue weighted by Gasteiger charge is 1.86. The van der Waals surface area contributed by atoms with Crippen LogP contribution in [-0.2, 0) is 14.3 Å². The molecule has 0 rings (SSSR count). The Labute approximate surface area is 80.6 Å². The SMILES string of the molecule is CC.CCOCCOCCNC=O. The number of nitrogens with one attached hydrogen (secondary N) is 1. The Bertz CT molecular complexity index is 88.9. The van der Waals surface area contributed by atoms with Gasteiger partial charge in [-0.3, -0.25) is 4.79 Å². The normalized spacial score (nSPS) is 8.54. The molecule has 0 saturated heterocycles. The van der Waals surface area contributed by atoms with Crippen LogP contribution >= 0.6 is 0 Å². The quantitative estimate of drug-likeness (QED) is 0.456. The van der Waals surface area contributed by atoms with Crippen LogP contribution in [0.3, 0.4) is 0 Å². The average Bonchev–Trinajstić information content (AvgIpc) is 2.20.